The van der Waals surface area contributed by atoms with Gasteiger partial charge in [-0.3, -0.25) is 4.79 Å². The molecule has 0 heterocycles. The van der Waals surface area contributed by atoms with Crippen LogP contribution in [0.1, 0.15) is 28.8 Å². The second kappa shape index (κ2) is 5.87. The summed E-state index contributed by atoms with van der Waals surface area (Å²) in [6.45, 7) is 2.63. The molecule has 2 heteroatoms. The van der Waals surface area contributed by atoms with E-state index in [-0.39, 0.29) is 5.91 Å². The maximum Gasteiger partial charge on any atom is 0.251 e. The van der Waals surface area contributed by atoms with E-state index in [0.29, 0.717) is 18.5 Å². The molecular formula is C13H15NO. The average Bonchev–Trinajstić information content (AvgIpc) is 2.25. The summed E-state index contributed by atoms with van der Waals surface area (Å²) in [5.41, 5.74) is 1.85. The predicted octanol–water partition coefficient (Wildman–Crippen LogP) is 2.14. The normalized spacial score (nSPS) is 9.33. The van der Waals surface area contributed by atoms with Crippen LogP contribution in [-0.4, -0.2) is 12.5 Å². The molecule has 78 valence electrons. The number of benzene rings is 1. The molecule has 0 aliphatic carbocycles. The van der Waals surface area contributed by atoms with Crippen LogP contribution in [0.5, 0.6) is 0 Å². The molecule has 1 rings (SSSR count). The lowest BCUT2D eigenvalue weighted by molar-refractivity contribution is 0.0953. The number of nitrogens with one attached hydrogen (secondary N) is 1. The Bertz CT molecular complexity index is 359. The van der Waals surface area contributed by atoms with E-state index in [2.05, 4.69) is 11.2 Å². The van der Waals surface area contributed by atoms with Crippen molar-refractivity contribution in [1.82, 2.24) is 5.32 Å². The van der Waals surface area contributed by atoms with E-state index in [9.17, 15) is 4.79 Å². The van der Waals surface area contributed by atoms with Crippen molar-refractivity contribution >= 4 is 5.91 Å². The Morgan fingerprint density at radius 2 is 2.07 bits per heavy atom. The maximum atomic E-state index is 11.6. The first kappa shape index (κ1) is 11.3. The third-order valence-corrected chi connectivity index (χ3v) is 2.10. The lowest BCUT2D eigenvalue weighted by Crippen LogP contribution is -2.24. The molecule has 0 fully saturated rings. The lowest BCUT2D eigenvalue weighted by atomic mass is 10.1. The summed E-state index contributed by atoms with van der Waals surface area (Å²) in [7, 11) is 0. The Morgan fingerprint density at radius 1 is 1.40 bits per heavy atom. The maximum absolute atomic E-state index is 11.6. The van der Waals surface area contributed by atoms with Crippen molar-refractivity contribution in [2.45, 2.75) is 19.8 Å². The van der Waals surface area contributed by atoms with Crippen molar-refractivity contribution in [3.63, 3.8) is 0 Å². The number of carbonyl (C=O) groups excluding carboxylic acids is 1. The molecule has 0 saturated carbocycles. The third-order valence-electron chi connectivity index (χ3n) is 2.10. The van der Waals surface area contributed by atoms with Crippen LogP contribution >= 0.6 is 0 Å². The fourth-order valence-corrected chi connectivity index (χ4v) is 1.20. The number of rotatable bonds is 4. The van der Waals surface area contributed by atoms with Crippen molar-refractivity contribution in [2.24, 2.45) is 0 Å². The van der Waals surface area contributed by atoms with Gasteiger partial charge >= 0.3 is 0 Å². The van der Waals surface area contributed by atoms with Crippen LogP contribution in [0.2, 0.25) is 0 Å². The SMILES string of the molecule is C#CCCCNC(=O)c1ccc(C)cc1. The average molecular weight is 201 g/mol. The van der Waals surface area contributed by atoms with E-state index < -0.39 is 0 Å². The highest BCUT2D eigenvalue weighted by atomic mass is 16.1. The summed E-state index contributed by atoms with van der Waals surface area (Å²) >= 11 is 0. The molecular weight excluding hydrogens is 186 g/mol. The second-order valence-corrected chi connectivity index (χ2v) is 3.43. The third kappa shape index (κ3) is 3.86. The number of unbranched alkanes of at least 4 members (excludes halogenated alkanes) is 1. The van der Waals surface area contributed by atoms with E-state index in [1.165, 1.54) is 0 Å². The summed E-state index contributed by atoms with van der Waals surface area (Å²) in [4.78, 5) is 11.6. The molecule has 0 bridgehead atoms. The van der Waals surface area contributed by atoms with Crippen LogP contribution in [-0.2, 0) is 0 Å². The largest absolute Gasteiger partial charge is 0.352 e. The molecule has 1 aromatic carbocycles. The Hall–Kier alpha value is -1.75. The van der Waals surface area contributed by atoms with Gasteiger partial charge in [0.2, 0.25) is 0 Å². The zero-order valence-corrected chi connectivity index (χ0v) is 8.92. The molecule has 2 nitrogen and oxygen atoms in total. The van der Waals surface area contributed by atoms with Gasteiger partial charge in [0.1, 0.15) is 0 Å². The van der Waals surface area contributed by atoms with Gasteiger partial charge in [0.05, 0.1) is 0 Å². The summed E-state index contributed by atoms with van der Waals surface area (Å²) in [5.74, 6) is 2.50. The van der Waals surface area contributed by atoms with Crippen LogP contribution in [0.4, 0.5) is 0 Å². The molecule has 1 aromatic rings. The molecule has 0 atom stereocenters. The smallest absolute Gasteiger partial charge is 0.251 e. The first-order valence-electron chi connectivity index (χ1n) is 5.02. The molecule has 1 amide bonds. The van der Waals surface area contributed by atoms with Crippen molar-refractivity contribution < 1.29 is 4.79 Å². The van der Waals surface area contributed by atoms with Crippen molar-refractivity contribution in [2.75, 3.05) is 6.54 Å². The number of hydrogen-bond donors (Lipinski definition) is 1. The fourth-order valence-electron chi connectivity index (χ4n) is 1.20. The molecule has 0 aromatic heterocycles. The van der Waals surface area contributed by atoms with Crippen molar-refractivity contribution in [1.29, 1.82) is 0 Å². The minimum atomic E-state index is -0.0352. The molecule has 0 radical (unpaired) electrons. The van der Waals surface area contributed by atoms with Gasteiger partial charge in [-0.05, 0) is 25.5 Å². The molecule has 15 heavy (non-hydrogen) atoms. The highest BCUT2D eigenvalue weighted by Gasteiger charge is 2.02. The standard InChI is InChI=1S/C13H15NO/c1-3-4-5-10-14-13(15)12-8-6-11(2)7-9-12/h1,6-9H,4-5,10H2,2H3,(H,14,15). The quantitative estimate of drug-likeness (QED) is 0.587. The summed E-state index contributed by atoms with van der Waals surface area (Å²) in [6, 6.07) is 7.50. The van der Waals surface area contributed by atoms with E-state index >= 15 is 0 Å². The minimum Gasteiger partial charge on any atom is -0.352 e. The molecule has 0 spiro atoms. The van der Waals surface area contributed by atoms with Crippen LogP contribution in [0.3, 0.4) is 0 Å². The zero-order chi connectivity index (χ0) is 11.1. The van der Waals surface area contributed by atoms with Gasteiger partial charge < -0.3 is 5.32 Å². The summed E-state index contributed by atoms with van der Waals surface area (Å²) in [6.07, 6.45) is 6.64. The monoisotopic (exact) mass is 201 g/mol. The van der Waals surface area contributed by atoms with E-state index in [0.717, 1.165) is 12.0 Å². The topological polar surface area (TPSA) is 29.1 Å². The van der Waals surface area contributed by atoms with Gasteiger partial charge in [0.15, 0.2) is 0 Å². The van der Waals surface area contributed by atoms with E-state index in [4.69, 9.17) is 6.42 Å². The Balaban J connectivity index is 2.41. The highest BCUT2D eigenvalue weighted by molar-refractivity contribution is 5.94. The van der Waals surface area contributed by atoms with Crippen LogP contribution < -0.4 is 5.32 Å². The summed E-state index contributed by atoms with van der Waals surface area (Å²) < 4.78 is 0. The number of terminal acetylenes is 1. The van der Waals surface area contributed by atoms with Crippen molar-refractivity contribution in [3.8, 4) is 12.3 Å². The molecule has 1 N–H and O–H groups in total. The zero-order valence-electron chi connectivity index (χ0n) is 8.92. The van der Waals surface area contributed by atoms with Crippen molar-refractivity contribution in [3.05, 3.63) is 35.4 Å². The molecule has 0 aliphatic heterocycles. The van der Waals surface area contributed by atoms with Gasteiger partial charge in [0, 0.05) is 18.5 Å². The lowest BCUT2D eigenvalue weighted by Gasteiger charge is -2.03. The number of hydrogen-bond acceptors (Lipinski definition) is 1. The first-order chi connectivity index (χ1) is 7.24. The van der Waals surface area contributed by atoms with Gasteiger partial charge in [-0.2, -0.15) is 0 Å². The fraction of sp³-hybridized carbons (Fsp3) is 0.308. The van der Waals surface area contributed by atoms with Crippen LogP contribution in [0.25, 0.3) is 0 Å². The molecule has 0 unspecified atom stereocenters. The first-order valence-corrected chi connectivity index (χ1v) is 5.02. The van der Waals surface area contributed by atoms with Gasteiger partial charge in [-0.15, -0.1) is 12.3 Å². The van der Waals surface area contributed by atoms with Gasteiger partial charge in [0.25, 0.3) is 5.91 Å². The number of carbonyl (C=O) groups is 1. The number of amides is 1. The van der Waals surface area contributed by atoms with Gasteiger partial charge in [-0.25, -0.2) is 0 Å². The van der Waals surface area contributed by atoms with Crippen LogP contribution in [0, 0.1) is 19.3 Å². The summed E-state index contributed by atoms with van der Waals surface area (Å²) in [5, 5.41) is 2.82. The van der Waals surface area contributed by atoms with E-state index in [1.54, 1.807) is 0 Å². The van der Waals surface area contributed by atoms with Gasteiger partial charge in [-0.1, -0.05) is 17.7 Å². The second-order valence-electron chi connectivity index (χ2n) is 3.43. The Labute approximate surface area is 90.7 Å². The Morgan fingerprint density at radius 3 is 2.67 bits per heavy atom. The highest BCUT2D eigenvalue weighted by Crippen LogP contribution is 2.02. The molecule has 0 aliphatic rings. The van der Waals surface area contributed by atoms with E-state index in [1.807, 2.05) is 31.2 Å². The molecule has 0 saturated heterocycles. The Kier molecular flexibility index (Phi) is 4.43. The number of aryl methyl sites for hydroxylation is 1. The minimum absolute atomic E-state index is 0.0352. The predicted molar refractivity (Wildman–Crippen MR) is 61.6 cm³/mol. The van der Waals surface area contributed by atoms with Crippen LogP contribution in [0.15, 0.2) is 24.3 Å².